The van der Waals surface area contributed by atoms with E-state index in [2.05, 4.69) is 0 Å². The first-order valence-corrected chi connectivity index (χ1v) is 12.3. The molecule has 3 saturated heterocycles. The Morgan fingerprint density at radius 3 is 2.17 bits per heavy atom. The van der Waals surface area contributed by atoms with Gasteiger partial charge in [-0.3, -0.25) is 4.90 Å². The Morgan fingerprint density at radius 2 is 1.61 bits per heavy atom. The number of benzene rings is 1. The molecule has 8 nitrogen and oxygen atoms in total. The van der Waals surface area contributed by atoms with Crippen LogP contribution in [0.5, 0.6) is 0 Å². The Bertz CT molecular complexity index is 1030. The van der Waals surface area contributed by atoms with Crippen molar-refractivity contribution >= 4 is 19.3 Å². The number of likely N-dealkylation sites (tertiary alicyclic amines) is 2. The molecule has 0 aliphatic carbocycles. The highest BCUT2D eigenvalue weighted by Crippen LogP contribution is 2.45. The van der Waals surface area contributed by atoms with E-state index in [1.165, 1.54) is 9.80 Å². The lowest BCUT2D eigenvalue weighted by Gasteiger charge is -2.51. The largest absolute Gasteiger partial charge is 0.525 e. The number of rotatable bonds is 3. The summed E-state index contributed by atoms with van der Waals surface area (Å²) in [5.41, 5.74) is -2.09. The van der Waals surface area contributed by atoms with E-state index in [4.69, 9.17) is 18.8 Å². The van der Waals surface area contributed by atoms with E-state index in [1.807, 2.05) is 58.0 Å². The molecule has 3 aliphatic rings. The topological polar surface area (TPSA) is 77.5 Å². The minimum atomic E-state index is -1.15. The van der Waals surface area contributed by atoms with E-state index in [-0.39, 0.29) is 32.7 Å². The minimum absolute atomic E-state index is 0.0394. The molecule has 0 unspecified atom stereocenters. The minimum Gasteiger partial charge on any atom is -0.445 e. The van der Waals surface area contributed by atoms with Gasteiger partial charge in [0.25, 0.3) is 0 Å². The van der Waals surface area contributed by atoms with Crippen LogP contribution in [0.1, 0.15) is 60.5 Å². The fraction of sp³-hybridized carbons (Fsp3) is 0.615. The first kappa shape index (κ1) is 26.5. The third-order valence-corrected chi connectivity index (χ3v) is 7.31. The molecule has 1 aromatic carbocycles. The van der Waals surface area contributed by atoms with E-state index in [1.54, 1.807) is 20.8 Å². The molecular formula is C26H36BFN2O6. The Balaban J connectivity index is 1.50. The predicted octanol–water partition coefficient (Wildman–Crippen LogP) is 4.87. The van der Waals surface area contributed by atoms with Crippen LogP contribution in [0.2, 0.25) is 0 Å². The number of amides is 2. The van der Waals surface area contributed by atoms with E-state index >= 15 is 4.39 Å². The monoisotopic (exact) mass is 502 g/mol. The maximum absolute atomic E-state index is 15.7. The number of hydrogen-bond donors (Lipinski definition) is 0. The molecule has 3 heterocycles. The first-order chi connectivity index (χ1) is 16.6. The van der Waals surface area contributed by atoms with Crippen molar-refractivity contribution in [2.24, 2.45) is 0 Å². The third-order valence-electron chi connectivity index (χ3n) is 7.31. The standard InChI is InChI=1S/C26H36BFN2O6/c1-23(2,3)34-22(32)30-14-19(20(28)27-35-24(4,5)25(6,7)36-27)13-26(30)16-29(17-26)21(31)33-15-18-11-9-8-10-12-18/h8-12H,13-17H2,1-7H3. The van der Waals surface area contributed by atoms with Crippen LogP contribution in [-0.4, -0.2) is 71.1 Å². The van der Waals surface area contributed by atoms with Crippen LogP contribution in [0, 0.1) is 0 Å². The number of nitrogens with zero attached hydrogens (tertiary/aromatic N) is 2. The third kappa shape index (κ3) is 5.11. The molecule has 36 heavy (non-hydrogen) atoms. The SMILES string of the molecule is CC(C)(C)OC(=O)N1CC(=C(F)B2OC(C)(C)C(C)(C)O2)CC12CN(C(=O)OCc1ccccc1)C2. The number of hydrogen-bond acceptors (Lipinski definition) is 6. The van der Waals surface area contributed by atoms with Crippen molar-refractivity contribution in [1.82, 2.24) is 9.80 Å². The molecule has 10 heteroatoms. The quantitative estimate of drug-likeness (QED) is 0.549. The fourth-order valence-corrected chi connectivity index (χ4v) is 4.64. The van der Waals surface area contributed by atoms with Gasteiger partial charge in [-0.05, 0) is 66.0 Å². The van der Waals surface area contributed by atoms with Crippen LogP contribution in [0.3, 0.4) is 0 Å². The zero-order chi connectivity index (χ0) is 26.5. The van der Waals surface area contributed by atoms with Crippen molar-refractivity contribution in [3.8, 4) is 0 Å². The van der Waals surface area contributed by atoms with E-state index in [9.17, 15) is 9.59 Å². The molecule has 0 radical (unpaired) electrons. The Kier molecular flexibility index (Phi) is 6.66. The van der Waals surface area contributed by atoms with Crippen LogP contribution < -0.4 is 0 Å². The average molecular weight is 502 g/mol. The zero-order valence-electron chi connectivity index (χ0n) is 22.2. The van der Waals surface area contributed by atoms with E-state index < -0.39 is 47.4 Å². The highest BCUT2D eigenvalue weighted by atomic mass is 19.1. The summed E-state index contributed by atoms with van der Waals surface area (Å²) in [6.45, 7) is 13.4. The van der Waals surface area contributed by atoms with E-state index in [0.717, 1.165) is 5.56 Å². The molecule has 0 bridgehead atoms. The van der Waals surface area contributed by atoms with Gasteiger partial charge in [-0.25, -0.2) is 14.0 Å². The van der Waals surface area contributed by atoms with Gasteiger partial charge in [-0.1, -0.05) is 30.3 Å². The van der Waals surface area contributed by atoms with Gasteiger partial charge in [0, 0.05) is 19.6 Å². The molecule has 196 valence electrons. The lowest BCUT2D eigenvalue weighted by Crippen LogP contribution is -2.70. The van der Waals surface area contributed by atoms with Crippen molar-refractivity contribution in [3.05, 3.63) is 47.2 Å². The molecule has 1 aromatic rings. The Hall–Kier alpha value is -2.59. The Morgan fingerprint density at radius 1 is 1.03 bits per heavy atom. The van der Waals surface area contributed by atoms with Gasteiger partial charge >= 0.3 is 19.3 Å². The molecule has 0 atom stereocenters. The van der Waals surface area contributed by atoms with Crippen molar-refractivity contribution in [2.75, 3.05) is 19.6 Å². The second-order valence-electron chi connectivity index (χ2n) is 11.9. The number of carbonyl (C=O) groups is 2. The molecule has 1 spiro atoms. The van der Waals surface area contributed by atoms with Crippen LogP contribution in [0.4, 0.5) is 14.0 Å². The van der Waals surface area contributed by atoms with E-state index in [0.29, 0.717) is 5.57 Å². The summed E-state index contributed by atoms with van der Waals surface area (Å²) in [7, 11) is -1.15. The molecule has 0 aromatic heterocycles. The molecule has 3 fully saturated rings. The number of halogens is 1. The van der Waals surface area contributed by atoms with Gasteiger partial charge in [0.1, 0.15) is 17.9 Å². The lowest BCUT2D eigenvalue weighted by atomic mass is 9.80. The smallest absolute Gasteiger partial charge is 0.445 e. The van der Waals surface area contributed by atoms with Gasteiger partial charge in [0.2, 0.25) is 0 Å². The van der Waals surface area contributed by atoms with Gasteiger partial charge in [-0.15, -0.1) is 0 Å². The molecular weight excluding hydrogens is 466 g/mol. The second-order valence-corrected chi connectivity index (χ2v) is 11.9. The summed E-state index contributed by atoms with van der Waals surface area (Å²) in [6.07, 6.45) is -0.765. The van der Waals surface area contributed by atoms with Crippen LogP contribution in [-0.2, 0) is 25.4 Å². The predicted molar refractivity (Wildman–Crippen MR) is 133 cm³/mol. The highest BCUT2D eigenvalue weighted by Gasteiger charge is 2.59. The summed E-state index contributed by atoms with van der Waals surface area (Å²) in [5.74, 6) is 0. The van der Waals surface area contributed by atoms with Gasteiger partial charge in [0.05, 0.1) is 16.7 Å². The second kappa shape index (κ2) is 9.06. The van der Waals surface area contributed by atoms with Crippen molar-refractivity contribution in [2.45, 2.75) is 83.8 Å². The molecule has 2 amide bonds. The van der Waals surface area contributed by atoms with Gasteiger partial charge in [-0.2, -0.15) is 0 Å². The molecule has 0 N–H and O–H groups in total. The average Bonchev–Trinajstić information content (AvgIpc) is 3.25. The normalized spacial score (nSPS) is 23.5. The fourth-order valence-electron chi connectivity index (χ4n) is 4.64. The van der Waals surface area contributed by atoms with Crippen LogP contribution >= 0.6 is 0 Å². The van der Waals surface area contributed by atoms with Gasteiger partial charge < -0.3 is 23.7 Å². The van der Waals surface area contributed by atoms with Crippen molar-refractivity contribution in [3.63, 3.8) is 0 Å². The van der Waals surface area contributed by atoms with Crippen LogP contribution in [0.15, 0.2) is 41.6 Å². The summed E-state index contributed by atoms with van der Waals surface area (Å²) < 4.78 is 38.5. The first-order valence-electron chi connectivity index (χ1n) is 12.3. The number of ether oxygens (including phenoxy) is 2. The van der Waals surface area contributed by atoms with Crippen molar-refractivity contribution in [1.29, 1.82) is 0 Å². The summed E-state index contributed by atoms with van der Waals surface area (Å²) >= 11 is 0. The number of carbonyl (C=O) groups excluding carboxylic acids is 2. The van der Waals surface area contributed by atoms with Crippen LogP contribution in [0.25, 0.3) is 0 Å². The maximum atomic E-state index is 15.7. The summed E-state index contributed by atoms with van der Waals surface area (Å²) in [5, 5.41) is 0. The molecule has 0 saturated carbocycles. The lowest BCUT2D eigenvalue weighted by molar-refractivity contribution is -0.0439. The highest BCUT2D eigenvalue weighted by molar-refractivity contribution is 6.53. The zero-order valence-corrected chi connectivity index (χ0v) is 22.2. The maximum Gasteiger partial charge on any atom is 0.525 e. The molecule has 3 aliphatic heterocycles. The Labute approximate surface area is 212 Å². The summed E-state index contributed by atoms with van der Waals surface area (Å²) in [4.78, 5) is 28.8. The molecule has 4 rings (SSSR count). The van der Waals surface area contributed by atoms with Crippen molar-refractivity contribution < 1.29 is 32.8 Å². The summed E-state index contributed by atoms with van der Waals surface area (Å²) in [6, 6.07) is 9.40. The van der Waals surface area contributed by atoms with Gasteiger partial charge in [0.15, 0.2) is 0 Å².